The van der Waals surface area contributed by atoms with Crippen molar-refractivity contribution in [3.63, 3.8) is 0 Å². The van der Waals surface area contributed by atoms with Gasteiger partial charge in [0.25, 0.3) is 0 Å². The summed E-state index contributed by atoms with van der Waals surface area (Å²) in [4.78, 5) is 4.17. The van der Waals surface area contributed by atoms with Gasteiger partial charge in [0.1, 0.15) is 12.1 Å². The second-order valence-electron chi connectivity index (χ2n) is 4.02. The molecule has 0 bridgehead atoms. The maximum absolute atomic E-state index is 13.4. The van der Waals surface area contributed by atoms with Gasteiger partial charge in [-0.1, -0.05) is 0 Å². The summed E-state index contributed by atoms with van der Waals surface area (Å²) in [7, 11) is 0. The third-order valence-corrected chi connectivity index (χ3v) is 2.70. The molecular formula is C12H10FN5. The zero-order chi connectivity index (χ0) is 12.7. The Balaban J connectivity index is 2.22. The molecule has 0 spiro atoms. The highest BCUT2D eigenvalue weighted by Crippen LogP contribution is 2.21. The van der Waals surface area contributed by atoms with Crippen molar-refractivity contribution < 1.29 is 4.39 Å². The molecule has 2 aromatic heterocycles. The summed E-state index contributed by atoms with van der Waals surface area (Å²) in [6.45, 7) is 1.87. The van der Waals surface area contributed by atoms with Crippen LogP contribution < -0.4 is 5.73 Å². The minimum absolute atomic E-state index is 0.113. The molecule has 3 aromatic rings. The number of aromatic nitrogens is 4. The molecule has 0 radical (unpaired) electrons. The average Bonchev–Trinajstić information content (AvgIpc) is 2.75. The molecule has 0 saturated carbocycles. The topological polar surface area (TPSA) is 69.1 Å². The number of nitrogen functional groups attached to an aromatic ring is 1. The average molecular weight is 243 g/mol. The van der Waals surface area contributed by atoms with Crippen LogP contribution >= 0.6 is 0 Å². The van der Waals surface area contributed by atoms with Crippen molar-refractivity contribution in [1.82, 2.24) is 19.6 Å². The third-order valence-electron chi connectivity index (χ3n) is 2.70. The third kappa shape index (κ3) is 1.58. The van der Waals surface area contributed by atoms with E-state index in [-0.39, 0.29) is 5.69 Å². The van der Waals surface area contributed by atoms with Gasteiger partial charge in [-0.15, -0.1) is 10.2 Å². The smallest absolute Gasteiger partial charge is 0.169 e. The molecule has 0 aliphatic heterocycles. The maximum atomic E-state index is 13.4. The maximum Gasteiger partial charge on any atom is 0.169 e. The first-order chi connectivity index (χ1) is 8.65. The zero-order valence-corrected chi connectivity index (χ0v) is 9.63. The van der Waals surface area contributed by atoms with Crippen LogP contribution in [-0.4, -0.2) is 19.6 Å². The van der Waals surface area contributed by atoms with Gasteiger partial charge >= 0.3 is 0 Å². The van der Waals surface area contributed by atoms with Crippen molar-refractivity contribution in [2.24, 2.45) is 0 Å². The van der Waals surface area contributed by atoms with E-state index in [0.29, 0.717) is 17.0 Å². The quantitative estimate of drug-likeness (QED) is 0.662. The Morgan fingerprint density at radius 1 is 1.22 bits per heavy atom. The van der Waals surface area contributed by atoms with E-state index >= 15 is 0 Å². The SMILES string of the molecule is Cc1cc2nnc(-c3ccc(N)c(F)c3)n2cn1. The molecule has 5 nitrogen and oxygen atoms in total. The molecular weight excluding hydrogens is 233 g/mol. The highest BCUT2D eigenvalue weighted by molar-refractivity contribution is 5.62. The molecule has 2 heterocycles. The number of nitrogens with zero attached hydrogens (tertiary/aromatic N) is 4. The highest BCUT2D eigenvalue weighted by Gasteiger charge is 2.10. The Hall–Kier alpha value is -2.50. The number of rotatable bonds is 1. The number of aryl methyl sites for hydroxylation is 1. The lowest BCUT2D eigenvalue weighted by Gasteiger charge is -2.02. The van der Waals surface area contributed by atoms with E-state index in [9.17, 15) is 4.39 Å². The first-order valence-corrected chi connectivity index (χ1v) is 5.38. The van der Waals surface area contributed by atoms with E-state index in [1.807, 2.05) is 13.0 Å². The normalized spacial score (nSPS) is 11.0. The van der Waals surface area contributed by atoms with Gasteiger partial charge < -0.3 is 5.73 Å². The summed E-state index contributed by atoms with van der Waals surface area (Å²) in [5.41, 5.74) is 7.70. The van der Waals surface area contributed by atoms with Crippen molar-refractivity contribution in [2.75, 3.05) is 5.73 Å². The summed E-state index contributed by atoms with van der Waals surface area (Å²) < 4.78 is 15.1. The molecule has 6 heteroatoms. The molecule has 0 aliphatic carbocycles. The number of halogens is 1. The zero-order valence-electron chi connectivity index (χ0n) is 9.63. The standard InChI is InChI=1S/C12H10FN5/c1-7-4-11-16-17-12(18(11)6-15-7)8-2-3-10(14)9(13)5-8/h2-6H,14H2,1H3. The molecule has 0 atom stereocenters. The van der Waals surface area contributed by atoms with Crippen LogP contribution in [0.3, 0.4) is 0 Å². The van der Waals surface area contributed by atoms with Crippen molar-refractivity contribution in [2.45, 2.75) is 6.92 Å². The molecule has 2 N–H and O–H groups in total. The van der Waals surface area contributed by atoms with Crippen LogP contribution in [0.2, 0.25) is 0 Å². The fraction of sp³-hybridized carbons (Fsp3) is 0.0833. The first-order valence-electron chi connectivity index (χ1n) is 5.38. The number of hydrogen-bond acceptors (Lipinski definition) is 4. The lowest BCUT2D eigenvalue weighted by atomic mass is 10.2. The van der Waals surface area contributed by atoms with E-state index in [1.165, 1.54) is 12.1 Å². The Kier molecular flexibility index (Phi) is 2.22. The molecule has 0 amide bonds. The summed E-state index contributed by atoms with van der Waals surface area (Å²) in [6, 6.07) is 6.36. The summed E-state index contributed by atoms with van der Waals surface area (Å²) in [5, 5.41) is 8.07. The molecule has 1 aromatic carbocycles. The van der Waals surface area contributed by atoms with Crippen LogP contribution in [0.25, 0.3) is 17.0 Å². The van der Waals surface area contributed by atoms with E-state index in [1.54, 1.807) is 16.8 Å². The molecule has 0 unspecified atom stereocenters. The monoisotopic (exact) mass is 243 g/mol. The number of anilines is 1. The van der Waals surface area contributed by atoms with Gasteiger partial charge in [0, 0.05) is 17.3 Å². The Morgan fingerprint density at radius 2 is 2.06 bits per heavy atom. The van der Waals surface area contributed by atoms with Crippen LogP contribution in [0, 0.1) is 12.7 Å². The largest absolute Gasteiger partial charge is 0.396 e. The van der Waals surface area contributed by atoms with Gasteiger partial charge in [0.15, 0.2) is 11.5 Å². The second-order valence-corrected chi connectivity index (χ2v) is 4.02. The Bertz CT molecular complexity index is 734. The van der Waals surface area contributed by atoms with E-state index < -0.39 is 5.82 Å². The van der Waals surface area contributed by atoms with E-state index in [2.05, 4.69) is 15.2 Å². The molecule has 0 saturated heterocycles. The summed E-state index contributed by atoms with van der Waals surface area (Å²) >= 11 is 0. The van der Waals surface area contributed by atoms with Gasteiger partial charge in [-0.05, 0) is 25.1 Å². The minimum atomic E-state index is -0.468. The van der Waals surface area contributed by atoms with Crippen molar-refractivity contribution in [3.05, 3.63) is 42.1 Å². The van der Waals surface area contributed by atoms with E-state index in [4.69, 9.17) is 5.73 Å². The van der Waals surface area contributed by atoms with Gasteiger partial charge in [0.2, 0.25) is 0 Å². The molecule has 0 aliphatic rings. The minimum Gasteiger partial charge on any atom is -0.396 e. The highest BCUT2D eigenvalue weighted by atomic mass is 19.1. The predicted octanol–water partition coefficient (Wildman–Crippen LogP) is 1.82. The van der Waals surface area contributed by atoms with Crippen LogP contribution in [0.1, 0.15) is 5.69 Å². The van der Waals surface area contributed by atoms with Crippen LogP contribution in [-0.2, 0) is 0 Å². The summed E-state index contributed by atoms with van der Waals surface area (Å²) in [6.07, 6.45) is 1.62. The number of benzene rings is 1. The van der Waals surface area contributed by atoms with Crippen LogP contribution in [0.15, 0.2) is 30.6 Å². The van der Waals surface area contributed by atoms with Gasteiger partial charge in [0.05, 0.1) is 5.69 Å². The van der Waals surface area contributed by atoms with Crippen LogP contribution in [0.5, 0.6) is 0 Å². The molecule has 18 heavy (non-hydrogen) atoms. The van der Waals surface area contributed by atoms with Gasteiger partial charge in [-0.3, -0.25) is 4.40 Å². The van der Waals surface area contributed by atoms with Gasteiger partial charge in [-0.2, -0.15) is 0 Å². The predicted molar refractivity (Wildman–Crippen MR) is 65.3 cm³/mol. The first kappa shape index (κ1) is 10.6. The fourth-order valence-corrected chi connectivity index (χ4v) is 1.75. The lowest BCUT2D eigenvalue weighted by Crippen LogP contribution is -1.95. The van der Waals surface area contributed by atoms with Crippen molar-refractivity contribution in [1.29, 1.82) is 0 Å². The van der Waals surface area contributed by atoms with Crippen molar-refractivity contribution >= 4 is 11.3 Å². The van der Waals surface area contributed by atoms with E-state index in [0.717, 1.165) is 5.69 Å². The molecule has 90 valence electrons. The second kappa shape index (κ2) is 3.76. The fourth-order valence-electron chi connectivity index (χ4n) is 1.75. The number of nitrogens with two attached hydrogens (primary N) is 1. The summed E-state index contributed by atoms with van der Waals surface area (Å²) in [5.74, 6) is 0.0701. The van der Waals surface area contributed by atoms with Crippen LogP contribution in [0.4, 0.5) is 10.1 Å². The number of hydrogen-bond donors (Lipinski definition) is 1. The lowest BCUT2D eigenvalue weighted by molar-refractivity contribution is 0.633. The molecule has 0 fully saturated rings. The molecule has 3 rings (SSSR count). The Labute approximate surface area is 102 Å². The van der Waals surface area contributed by atoms with Crippen molar-refractivity contribution in [3.8, 4) is 11.4 Å². The number of fused-ring (bicyclic) bond motifs is 1. The Morgan fingerprint density at radius 3 is 2.83 bits per heavy atom. The van der Waals surface area contributed by atoms with Gasteiger partial charge in [-0.25, -0.2) is 9.37 Å².